The summed E-state index contributed by atoms with van der Waals surface area (Å²) in [4.78, 5) is 7.28. The number of nitrogens with zero attached hydrogens (tertiary/aromatic N) is 2. The predicted octanol–water partition coefficient (Wildman–Crippen LogP) is 3.66. The third kappa shape index (κ3) is 6.14. The van der Waals surface area contributed by atoms with Crippen LogP contribution in [0.1, 0.15) is 37.3 Å². The van der Waals surface area contributed by atoms with Crippen LogP contribution in [0.15, 0.2) is 53.5 Å². The fourth-order valence-electron chi connectivity index (χ4n) is 4.21. The second-order valence-electron chi connectivity index (χ2n) is 7.96. The Bertz CT molecular complexity index is 841. The second-order valence-corrected chi connectivity index (χ2v) is 7.96. The van der Waals surface area contributed by atoms with E-state index in [0.29, 0.717) is 29.9 Å². The Labute approximate surface area is 185 Å². The van der Waals surface area contributed by atoms with Gasteiger partial charge in [-0.05, 0) is 48.4 Å². The Hall–Kier alpha value is -2.73. The van der Waals surface area contributed by atoms with E-state index in [1.165, 1.54) is 5.56 Å². The van der Waals surface area contributed by atoms with Crippen LogP contribution < -0.4 is 14.8 Å². The molecule has 2 aromatic rings. The average molecular weight is 426 g/mol. The molecule has 0 aliphatic carbocycles. The van der Waals surface area contributed by atoms with Crippen molar-refractivity contribution in [2.45, 2.75) is 32.7 Å². The highest BCUT2D eigenvalue weighted by atomic mass is 16.5. The number of guanidine groups is 1. The first-order valence-corrected chi connectivity index (χ1v) is 11.1. The van der Waals surface area contributed by atoms with Crippen molar-refractivity contribution in [3.63, 3.8) is 0 Å². The number of hydrogen-bond donors (Lipinski definition) is 2. The molecule has 168 valence electrons. The smallest absolute Gasteiger partial charge is 0.194 e. The molecular formula is C25H35N3O3. The van der Waals surface area contributed by atoms with Crippen LogP contribution in [0.2, 0.25) is 0 Å². The SMILES string of the molecule is CCNC(=NCc1ccc(OCCO)c(OC)c1)N1CCC(c2ccccc2)C(C)C1. The van der Waals surface area contributed by atoms with E-state index < -0.39 is 0 Å². The molecule has 1 fully saturated rings. The highest BCUT2D eigenvalue weighted by Crippen LogP contribution is 2.33. The van der Waals surface area contributed by atoms with Crippen LogP contribution in [0.25, 0.3) is 0 Å². The first-order valence-electron chi connectivity index (χ1n) is 11.1. The van der Waals surface area contributed by atoms with E-state index in [2.05, 4.69) is 54.4 Å². The van der Waals surface area contributed by atoms with Gasteiger partial charge in [-0.25, -0.2) is 4.99 Å². The molecule has 1 saturated heterocycles. The molecular weight excluding hydrogens is 390 g/mol. The van der Waals surface area contributed by atoms with Gasteiger partial charge in [0, 0.05) is 19.6 Å². The lowest BCUT2D eigenvalue weighted by molar-refractivity contribution is 0.196. The fraction of sp³-hybridized carbons (Fsp3) is 0.480. The van der Waals surface area contributed by atoms with Crippen molar-refractivity contribution in [1.82, 2.24) is 10.2 Å². The van der Waals surface area contributed by atoms with Crippen LogP contribution in [0.5, 0.6) is 11.5 Å². The Kier molecular flexibility index (Phi) is 8.59. The number of aliphatic hydroxyl groups excluding tert-OH is 1. The van der Waals surface area contributed by atoms with Gasteiger partial charge >= 0.3 is 0 Å². The molecule has 0 spiro atoms. The zero-order chi connectivity index (χ0) is 22.1. The van der Waals surface area contributed by atoms with E-state index in [1.54, 1.807) is 7.11 Å². The third-order valence-corrected chi connectivity index (χ3v) is 5.76. The van der Waals surface area contributed by atoms with Crippen molar-refractivity contribution in [2.24, 2.45) is 10.9 Å². The van der Waals surface area contributed by atoms with Crippen molar-refractivity contribution in [2.75, 3.05) is 40.0 Å². The Balaban J connectivity index is 1.68. The van der Waals surface area contributed by atoms with Gasteiger partial charge in [0.1, 0.15) is 6.61 Å². The maximum atomic E-state index is 8.97. The highest BCUT2D eigenvalue weighted by Gasteiger charge is 2.28. The number of likely N-dealkylation sites (tertiary alicyclic amines) is 1. The monoisotopic (exact) mass is 425 g/mol. The second kappa shape index (κ2) is 11.6. The van der Waals surface area contributed by atoms with E-state index in [9.17, 15) is 0 Å². The number of aliphatic imine (C=N–C) groups is 1. The van der Waals surface area contributed by atoms with Gasteiger partial charge in [-0.15, -0.1) is 0 Å². The van der Waals surface area contributed by atoms with Gasteiger partial charge in [0.15, 0.2) is 17.5 Å². The lowest BCUT2D eigenvalue weighted by atomic mass is 9.82. The van der Waals surface area contributed by atoms with Gasteiger partial charge < -0.3 is 24.8 Å². The summed E-state index contributed by atoms with van der Waals surface area (Å²) >= 11 is 0. The van der Waals surface area contributed by atoms with E-state index >= 15 is 0 Å². The van der Waals surface area contributed by atoms with Crippen LogP contribution >= 0.6 is 0 Å². The molecule has 2 N–H and O–H groups in total. The van der Waals surface area contributed by atoms with Crippen LogP contribution in [0, 0.1) is 5.92 Å². The summed E-state index contributed by atoms with van der Waals surface area (Å²) in [5, 5.41) is 12.4. The molecule has 1 aliphatic rings. The molecule has 0 aromatic heterocycles. The Morgan fingerprint density at radius 2 is 2.00 bits per heavy atom. The standard InChI is InChI=1S/C25H35N3O3/c1-4-26-25(27-17-20-10-11-23(31-15-14-29)24(16-20)30-3)28-13-12-22(19(2)18-28)21-8-6-5-7-9-21/h5-11,16,19,22,29H,4,12-15,17-18H2,1-3H3,(H,26,27). The van der Waals surface area contributed by atoms with Crippen molar-refractivity contribution >= 4 is 5.96 Å². The van der Waals surface area contributed by atoms with Crippen LogP contribution in [-0.4, -0.2) is 55.9 Å². The lowest BCUT2D eigenvalue weighted by Gasteiger charge is -2.39. The maximum Gasteiger partial charge on any atom is 0.194 e. The minimum Gasteiger partial charge on any atom is -0.493 e. The summed E-state index contributed by atoms with van der Waals surface area (Å²) in [6, 6.07) is 16.7. The molecule has 1 aliphatic heterocycles. The summed E-state index contributed by atoms with van der Waals surface area (Å²) in [7, 11) is 1.62. The number of piperidine rings is 1. The quantitative estimate of drug-likeness (QED) is 0.499. The van der Waals surface area contributed by atoms with Gasteiger partial charge in [-0.3, -0.25) is 0 Å². The van der Waals surface area contributed by atoms with E-state index in [0.717, 1.165) is 37.6 Å². The van der Waals surface area contributed by atoms with Gasteiger partial charge in [-0.1, -0.05) is 43.3 Å². The van der Waals surface area contributed by atoms with Crippen molar-refractivity contribution in [1.29, 1.82) is 0 Å². The molecule has 2 aromatic carbocycles. The number of ether oxygens (including phenoxy) is 2. The number of benzene rings is 2. The zero-order valence-corrected chi connectivity index (χ0v) is 18.9. The molecule has 0 saturated carbocycles. The highest BCUT2D eigenvalue weighted by molar-refractivity contribution is 5.80. The van der Waals surface area contributed by atoms with Gasteiger partial charge in [-0.2, -0.15) is 0 Å². The normalized spacial score (nSPS) is 19.2. The first kappa shape index (κ1) is 22.9. The topological polar surface area (TPSA) is 66.3 Å². The molecule has 6 nitrogen and oxygen atoms in total. The van der Waals surface area contributed by atoms with Crippen molar-refractivity contribution in [3.05, 3.63) is 59.7 Å². The number of rotatable bonds is 8. The van der Waals surface area contributed by atoms with Crippen LogP contribution in [0.4, 0.5) is 0 Å². The van der Waals surface area contributed by atoms with Crippen LogP contribution in [0.3, 0.4) is 0 Å². The molecule has 6 heteroatoms. The molecule has 0 bridgehead atoms. The van der Waals surface area contributed by atoms with E-state index in [-0.39, 0.29) is 13.2 Å². The molecule has 2 atom stereocenters. The van der Waals surface area contributed by atoms with Gasteiger partial charge in [0.2, 0.25) is 0 Å². The number of nitrogens with one attached hydrogen (secondary N) is 1. The van der Waals surface area contributed by atoms with Crippen LogP contribution in [-0.2, 0) is 6.54 Å². The average Bonchev–Trinajstić information content (AvgIpc) is 2.81. The predicted molar refractivity (Wildman–Crippen MR) is 125 cm³/mol. The first-order chi connectivity index (χ1) is 15.2. The van der Waals surface area contributed by atoms with E-state index in [4.69, 9.17) is 19.6 Å². The Morgan fingerprint density at radius 1 is 1.19 bits per heavy atom. The Morgan fingerprint density at radius 3 is 2.68 bits per heavy atom. The van der Waals surface area contributed by atoms with E-state index in [1.807, 2.05) is 18.2 Å². The number of hydrogen-bond acceptors (Lipinski definition) is 4. The number of aliphatic hydroxyl groups is 1. The summed E-state index contributed by atoms with van der Waals surface area (Å²) in [5.41, 5.74) is 2.49. The van der Waals surface area contributed by atoms with Crippen molar-refractivity contribution in [3.8, 4) is 11.5 Å². The lowest BCUT2D eigenvalue weighted by Crippen LogP contribution is -2.48. The van der Waals surface area contributed by atoms with Gasteiger partial charge in [0.05, 0.1) is 20.3 Å². The molecule has 0 radical (unpaired) electrons. The molecule has 0 amide bonds. The molecule has 3 rings (SSSR count). The summed E-state index contributed by atoms with van der Waals surface area (Å²) in [6.07, 6.45) is 1.13. The molecule has 2 unspecified atom stereocenters. The zero-order valence-electron chi connectivity index (χ0n) is 18.9. The largest absolute Gasteiger partial charge is 0.493 e. The molecule has 31 heavy (non-hydrogen) atoms. The summed E-state index contributed by atoms with van der Waals surface area (Å²) in [5.74, 6) is 3.40. The fourth-order valence-corrected chi connectivity index (χ4v) is 4.21. The minimum absolute atomic E-state index is 0.0271. The summed E-state index contributed by atoms with van der Waals surface area (Å²) in [6.45, 7) is 8.04. The summed E-state index contributed by atoms with van der Waals surface area (Å²) < 4.78 is 11.0. The maximum absolute atomic E-state index is 8.97. The van der Waals surface area contributed by atoms with Crippen molar-refractivity contribution < 1.29 is 14.6 Å². The minimum atomic E-state index is -0.0271. The third-order valence-electron chi connectivity index (χ3n) is 5.76. The van der Waals surface area contributed by atoms with Gasteiger partial charge in [0.25, 0.3) is 0 Å². The molecule has 1 heterocycles. The number of methoxy groups -OCH3 is 1.